The SMILES string of the molecule is CC1(C)C(/C=C/C2=C(SCCOCCOCCNC(=O)CCC(NC(=O)c3ccc(NCc4cnc5c(=O)[nH]c(N)nc5n4)cc3)C(=O)O)C(=C/C=C3/N(CCC(=O)NC4O[C@@H](CO)[C@H](O)[C@@H](O)[C@H]4O)c4ccc(S(=O)(=O)O)cc4C3(C)C)/CCC2)=[N+](CCC(=O)NC2O[C@H](CO)[C@@H](O)[C@H](O)[C@@H]2O)c2ccc(S(=O)(=O)O)cc21. The first kappa shape index (κ1) is 86.4. The molecule has 2 fully saturated rings. The number of nitrogens with zero attached hydrogens (tertiary/aromatic N) is 5. The topological polar surface area (TPSA) is 577 Å². The molecule has 5 aromatic rings. The van der Waals surface area contributed by atoms with Crippen molar-refractivity contribution in [2.75, 3.05) is 81.0 Å². The van der Waals surface area contributed by atoms with E-state index in [0.29, 0.717) is 70.3 Å². The molecule has 0 saturated carbocycles. The minimum atomic E-state index is -4.71. The van der Waals surface area contributed by atoms with Gasteiger partial charge in [0.2, 0.25) is 29.4 Å². The van der Waals surface area contributed by atoms with Crippen molar-refractivity contribution in [3.63, 3.8) is 0 Å². The van der Waals surface area contributed by atoms with Gasteiger partial charge in [0, 0.05) is 82.3 Å². The summed E-state index contributed by atoms with van der Waals surface area (Å²) >= 11 is 1.46. The monoisotopic (exact) mass is 1630 g/mol. The Balaban J connectivity index is 0.821. The number of ether oxygens (including phenoxy) is 4. The zero-order chi connectivity index (χ0) is 82.0. The molecule has 40 heteroatoms. The zero-order valence-corrected chi connectivity index (χ0v) is 64.4. The van der Waals surface area contributed by atoms with E-state index >= 15 is 0 Å². The number of nitrogens with one attached hydrogen (secondary N) is 6. The van der Waals surface area contributed by atoms with E-state index in [1.165, 1.54) is 66.5 Å². The quantitative estimate of drug-likeness (QED) is 0.0141. The van der Waals surface area contributed by atoms with Crippen molar-refractivity contribution in [3.8, 4) is 0 Å². The number of nitrogen functional groups attached to an aromatic ring is 1. The number of aromatic nitrogens is 4. The molecule has 19 N–H and O–H groups in total. The minimum Gasteiger partial charge on any atom is -0.480 e. The van der Waals surface area contributed by atoms with Crippen LogP contribution in [-0.2, 0) is 75.7 Å². The molecule has 0 spiro atoms. The molecule has 2 saturated heterocycles. The third-order valence-corrected chi connectivity index (χ3v) is 22.9. The molecule has 1 aliphatic carbocycles. The maximum absolute atomic E-state index is 13.7. The van der Waals surface area contributed by atoms with E-state index in [1.807, 2.05) is 52.0 Å². The lowest BCUT2D eigenvalue weighted by atomic mass is 9.81. The van der Waals surface area contributed by atoms with Crippen LogP contribution in [0.5, 0.6) is 0 Å². The van der Waals surface area contributed by atoms with Crippen molar-refractivity contribution >= 4 is 101 Å². The van der Waals surface area contributed by atoms with Gasteiger partial charge in [-0.15, -0.1) is 11.8 Å². The number of aromatic amines is 1. The number of carbonyl (C=O) groups is 5. The first-order valence-electron chi connectivity index (χ1n) is 36.1. The number of nitrogens with two attached hydrogens (primary N) is 1. The highest BCUT2D eigenvalue weighted by molar-refractivity contribution is 8.03. The number of benzene rings is 3. The number of fused-ring (bicyclic) bond motifs is 3. The lowest BCUT2D eigenvalue weighted by Crippen LogP contribution is -2.63. The van der Waals surface area contributed by atoms with Crippen molar-refractivity contribution in [3.05, 3.63) is 146 Å². The van der Waals surface area contributed by atoms with E-state index in [-0.39, 0.29) is 111 Å². The van der Waals surface area contributed by atoms with Gasteiger partial charge in [-0.2, -0.15) is 26.4 Å². The summed E-state index contributed by atoms with van der Waals surface area (Å²) in [5.41, 5.74) is 9.14. The van der Waals surface area contributed by atoms with Gasteiger partial charge in [-0.05, 0) is 117 Å². The van der Waals surface area contributed by atoms with Crippen LogP contribution in [0.25, 0.3) is 11.2 Å². The molecule has 612 valence electrons. The average Bonchev–Trinajstić information content (AvgIpc) is 1.59. The average molecular weight is 1630 g/mol. The third-order valence-electron chi connectivity index (χ3n) is 20.0. The third kappa shape index (κ3) is 20.7. The second-order valence-electron chi connectivity index (χ2n) is 28.4. The molecule has 3 aromatic carbocycles. The molecular weight excluding hydrogens is 1540 g/mol. The number of carbonyl (C=O) groups excluding carboxylic acids is 4. The van der Waals surface area contributed by atoms with Gasteiger partial charge in [0.1, 0.15) is 54.9 Å². The van der Waals surface area contributed by atoms with Gasteiger partial charge in [-0.1, -0.05) is 26.0 Å². The summed E-state index contributed by atoms with van der Waals surface area (Å²) in [6.07, 6.45) is -6.51. The first-order chi connectivity index (χ1) is 53.5. The maximum Gasteiger partial charge on any atom is 0.326 e. The number of amides is 4. The van der Waals surface area contributed by atoms with Gasteiger partial charge in [-0.3, -0.25) is 38.1 Å². The highest BCUT2D eigenvalue weighted by atomic mass is 32.2. The summed E-state index contributed by atoms with van der Waals surface area (Å²) in [6.45, 7) is 6.50. The number of rotatable bonds is 34. The first-order valence-corrected chi connectivity index (χ1v) is 40.0. The Morgan fingerprint density at radius 2 is 1.36 bits per heavy atom. The van der Waals surface area contributed by atoms with Crippen LogP contribution in [0.15, 0.2) is 127 Å². The van der Waals surface area contributed by atoms with Gasteiger partial charge in [0.05, 0.1) is 79.7 Å². The maximum atomic E-state index is 13.7. The van der Waals surface area contributed by atoms with Gasteiger partial charge in [0.25, 0.3) is 31.7 Å². The molecular formula is C73H93N12O25S3+. The standard InChI is InChI=1S/C73H92N12O25S3/c1-72(2)45-32-43(112(101,102)103)14-17-48(45)84(25-22-55(89)80-68-62(95)60(93)58(91)50(36-86)109-68)52(72)19-10-38-6-5-7-39(11-20-53-73(3,4)46-33-44(113(104,105)106)15-18-49(46)85(53)26-23-56(90)81-69-63(96)61(94)59(92)51(37-87)110-69)64(38)111-31-30-108-29-28-107-27-24-75-54(88)21-16-47(70(99)100)79-66(97)40-8-12-41(13-9-40)76-34-42-35-77-57-65(78-42)82-71(74)83-67(57)98/h8-15,17-20,32-33,35,47,50-51,58-63,68-69,86-87,91-96H,5-7,16,21-31,34,36-37H2,1-4H3,(H10-,74,75,76,78,79,80,81,82,83,88,89,90,97,98,99,100,101,102,103,104,105,106)/p+1/t47?,50-,51+,58-,59+,60+,61-,62+,63-,68?,69?. The smallest absolute Gasteiger partial charge is 0.326 e. The van der Waals surface area contributed by atoms with Gasteiger partial charge < -0.3 is 102 Å². The zero-order valence-electron chi connectivity index (χ0n) is 61.9. The normalized spacial score (nSPS) is 23.9. The van der Waals surface area contributed by atoms with Crippen LogP contribution in [0.2, 0.25) is 0 Å². The summed E-state index contributed by atoms with van der Waals surface area (Å²) < 4.78 is 95.5. The number of carboxylic acid groups (broad SMARTS) is 1. The van der Waals surface area contributed by atoms with E-state index in [1.54, 1.807) is 21.6 Å². The van der Waals surface area contributed by atoms with Crippen LogP contribution < -0.4 is 42.8 Å². The molecule has 10 rings (SSSR count). The molecule has 11 atom stereocenters. The molecule has 2 aromatic heterocycles. The Bertz CT molecular complexity index is 4840. The number of hydrogen-bond acceptors (Lipinski definition) is 29. The summed E-state index contributed by atoms with van der Waals surface area (Å²) in [6, 6.07) is 12.9. The van der Waals surface area contributed by atoms with E-state index in [4.69, 9.17) is 24.7 Å². The van der Waals surface area contributed by atoms with Crippen LogP contribution >= 0.6 is 11.8 Å². The van der Waals surface area contributed by atoms with Crippen molar-refractivity contribution < 1.29 is 119 Å². The number of H-pyrrole nitrogens is 1. The molecule has 4 aliphatic heterocycles. The molecule has 0 radical (unpaired) electrons. The summed E-state index contributed by atoms with van der Waals surface area (Å²) in [5.74, 6) is -3.60. The predicted octanol–water partition coefficient (Wildman–Crippen LogP) is -0.462. The molecule has 0 bridgehead atoms. The fourth-order valence-corrected chi connectivity index (χ4v) is 16.0. The van der Waals surface area contributed by atoms with Crippen LogP contribution in [0, 0.1) is 0 Å². The molecule has 4 amide bonds. The van der Waals surface area contributed by atoms with Crippen LogP contribution in [0.4, 0.5) is 23.0 Å². The lowest BCUT2D eigenvalue weighted by molar-refractivity contribution is -0.436. The molecule has 37 nitrogen and oxygen atoms in total. The van der Waals surface area contributed by atoms with Crippen molar-refractivity contribution in [1.29, 1.82) is 0 Å². The minimum absolute atomic E-state index is 0.0218. The fraction of sp³-hybridized carbons (Fsp3) is 0.479. The summed E-state index contributed by atoms with van der Waals surface area (Å²) in [5, 5.41) is 106. The Kier molecular flexibility index (Phi) is 28.3. The number of hydrogen-bond donors (Lipinski definition) is 18. The van der Waals surface area contributed by atoms with Crippen LogP contribution in [-0.4, -0.2) is 264 Å². The largest absolute Gasteiger partial charge is 0.480 e. The summed E-state index contributed by atoms with van der Waals surface area (Å²) in [4.78, 5) is 94.4. The number of aliphatic hydroxyl groups excluding tert-OH is 8. The Morgan fingerprint density at radius 3 is 1.99 bits per heavy atom. The molecule has 3 unspecified atom stereocenters. The molecule has 6 heterocycles. The predicted molar refractivity (Wildman–Crippen MR) is 406 cm³/mol. The van der Waals surface area contributed by atoms with Gasteiger partial charge >= 0.3 is 5.97 Å². The Hall–Kier alpha value is -9.05. The Morgan fingerprint density at radius 1 is 0.743 bits per heavy atom. The van der Waals surface area contributed by atoms with E-state index in [2.05, 4.69) is 46.5 Å². The van der Waals surface area contributed by atoms with Crippen LogP contribution in [0.1, 0.15) is 99.8 Å². The fourth-order valence-electron chi connectivity index (χ4n) is 13.8. The van der Waals surface area contributed by atoms with Crippen LogP contribution in [0.3, 0.4) is 0 Å². The molecule has 113 heavy (non-hydrogen) atoms. The highest BCUT2D eigenvalue weighted by Crippen LogP contribution is 2.50. The van der Waals surface area contributed by atoms with Crippen molar-refractivity contribution in [2.45, 2.75) is 167 Å². The Labute approximate surface area is 652 Å². The number of aliphatic carboxylic acids is 1. The van der Waals surface area contributed by atoms with Gasteiger partial charge in [0.15, 0.2) is 35.9 Å². The second-order valence-corrected chi connectivity index (χ2v) is 32.4. The lowest BCUT2D eigenvalue weighted by Gasteiger charge is -2.40. The molecule has 5 aliphatic rings. The number of anilines is 3. The summed E-state index contributed by atoms with van der Waals surface area (Å²) in [7, 11) is -9.41. The number of aliphatic hydroxyl groups is 8. The van der Waals surface area contributed by atoms with Gasteiger partial charge in [-0.25, -0.2) is 14.8 Å². The number of thioether (sulfide) groups is 1. The van der Waals surface area contributed by atoms with E-state index < -0.39 is 147 Å². The van der Waals surface area contributed by atoms with E-state index in [0.717, 1.165) is 16.1 Å². The number of allylic oxidation sites excluding steroid dienone is 7. The second kappa shape index (κ2) is 37.0. The van der Waals surface area contributed by atoms with E-state index in [9.17, 15) is 101 Å². The van der Waals surface area contributed by atoms with Crippen molar-refractivity contribution in [1.82, 2.24) is 41.2 Å². The number of carboxylic acids is 1. The van der Waals surface area contributed by atoms with Crippen molar-refractivity contribution in [2.24, 2.45) is 0 Å². The highest BCUT2D eigenvalue weighted by Gasteiger charge is 2.48.